The van der Waals surface area contributed by atoms with Crippen LogP contribution in [0, 0.1) is 0 Å². The summed E-state index contributed by atoms with van der Waals surface area (Å²) >= 11 is 0. The fourth-order valence-corrected chi connectivity index (χ4v) is 3.13. The fourth-order valence-electron chi connectivity index (χ4n) is 3.13. The van der Waals surface area contributed by atoms with Crippen LogP contribution in [0.1, 0.15) is 5.56 Å². The third-order valence-electron chi connectivity index (χ3n) is 4.48. The van der Waals surface area contributed by atoms with Crippen LogP contribution in [-0.2, 0) is 6.42 Å². The first-order valence-electron chi connectivity index (χ1n) is 8.75. The fraction of sp³-hybridized carbons (Fsp3) is 0.150. The number of hydrogen-bond acceptors (Lipinski definition) is 6. The molecule has 3 heterocycles. The summed E-state index contributed by atoms with van der Waals surface area (Å²) in [6.07, 6.45) is 2.36. The van der Waals surface area contributed by atoms with E-state index in [-0.39, 0.29) is 0 Å². The number of rotatable bonds is 5. The first-order chi connectivity index (χ1) is 13.4. The molecule has 2 aromatic carbocycles. The van der Waals surface area contributed by atoms with E-state index in [0.717, 1.165) is 41.5 Å². The molecule has 0 amide bonds. The number of anilines is 1. The minimum Gasteiger partial charge on any atom is -0.454 e. The molecule has 1 aliphatic rings. The van der Waals surface area contributed by atoms with Crippen LogP contribution in [0.3, 0.4) is 0 Å². The van der Waals surface area contributed by atoms with Gasteiger partial charge in [-0.2, -0.15) is 14.6 Å². The minimum atomic E-state index is 0.292. The summed E-state index contributed by atoms with van der Waals surface area (Å²) in [5.74, 6) is 3.04. The lowest BCUT2D eigenvalue weighted by Gasteiger charge is -2.10. The summed E-state index contributed by atoms with van der Waals surface area (Å²) < 4.78 is 12.5. The highest BCUT2D eigenvalue weighted by molar-refractivity contribution is 5.65. The second-order valence-electron chi connectivity index (χ2n) is 6.23. The summed E-state index contributed by atoms with van der Waals surface area (Å²) in [5, 5.41) is 7.72. The maximum absolute atomic E-state index is 5.44. The van der Waals surface area contributed by atoms with Gasteiger partial charge in [0.1, 0.15) is 12.1 Å². The van der Waals surface area contributed by atoms with Gasteiger partial charge < -0.3 is 14.8 Å². The van der Waals surface area contributed by atoms with Gasteiger partial charge in [0.25, 0.3) is 5.78 Å². The second-order valence-corrected chi connectivity index (χ2v) is 6.23. The Morgan fingerprint density at radius 1 is 1.00 bits per heavy atom. The van der Waals surface area contributed by atoms with E-state index >= 15 is 0 Å². The van der Waals surface area contributed by atoms with Crippen LogP contribution in [0.5, 0.6) is 11.5 Å². The predicted octanol–water partition coefficient (Wildman–Crippen LogP) is 3.17. The molecule has 0 bridgehead atoms. The maximum atomic E-state index is 5.44. The van der Waals surface area contributed by atoms with Gasteiger partial charge in [-0.15, -0.1) is 0 Å². The standard InChI is InChI=1S/C20H17N5O2/c1-2-4-15(5-3-1)16-11-19(25-20(24-16)22-12-23-25)21-9-8-14-6-7-17-18(10-14)27-13-26-17/h1-7,10-12,21H,8-9,13H2. The van der Waals surface area contributed by atoms with Crippen LogP contribution in [-0.4, -0.2) is 32.9 Å². The lowest BCUT2D eigenvalue weighted by Crippen LogP contribution is -2.10. The van der Waals surface area contributed by atoms with Gasteiger partial charge in [-0.05, 0) is 24.1 Å². The first kappa shape index (κ1) is 15.6. The predicted molar refractivity (Wildman–Crippen MR) is 101 cm³/mol. The Labute approximate surface area is 155 Å². The summed E-state index contributed by atoms with van der Waals surface area (Å²) in [6.45, 7) is 1.04. The molecule has 2 aromatic heterocycles. The Bertz CT molecular complexity index is 1090. The number of fused-ring (bicyclic) bond motifs is 2. The van der Waals surface area contributed by atoms with Crippen LogP contribution >= 0.6 is 0 Å². The molecule has 0 unspecified atom stereocenters. The first-order valence-corrected chi connectivity index (χ1v) is 8.75. The van der Waals surface area contributed by atoms with Gasteiger partial charge >= 0.3 is 0 Å². The van der Waals surface area contributed by atoms with Gasteiger partial charge in [-0.1, -0.05) is 36.4 Å². The quantitative estimate of drug-likeness (QED) is 0.590. The topological polar surface area (TPSA) is 73.6 Å². The molecule has 4 aromatic rings. The van der Waals surface area contributed by atoms with Crippen LogP contribution < -0.4 is 14.8 Å². The summed E-state index contributed by atoms with van der Waals surface area (Å²) in [4.78, 5) is 8.83. The molecule has 5 rings (SSSR count). The molecule has 0 aliphatic carbocycles. The van der Waals surface area contributed by atoms with Crippen molar-refractivity contribution in [2.24, 2.45) is 0 Å². The van der Waals surface area contributed by atoms with Gasteiger partial charge in [0.15, 0.2) is 11.5 Å². The second kappa shape index (κ2) is 6.60. The highest BCUT2D eigenvalue weighted by atomic mass is 16.7. The number of nitrogens with one attached hydrogen (secondary N) is 1. The maximum Gasteiger partial charge on any atom is 0.254 e. The summed E-state index contributed by atoms with van der Waals surface area (Å²) in [6, 6.07) is 18.1. The average molecular weight is 359 g/mol. The molecule has 0 saturated carbocycles. The van der Waals surface area contributed by atoms with E-state index in [1.165, 1.54) is 11.9 Å². The Morgan fingerprint density at radius 3 is 2.81 bits per heavy atom. The van der Waals surface area contributed by atoms with Crippen LogP contribution in [0.25, 0.3) is 17.0 Å². The zero-order chi connectivity index (χ0) is 18.1. The number of ether oxygens (including phenoxy) is 2. The normalized spacial score (nSPS) is 12.4. The Morgan fingerprint density at radius 2 is 1.89 bits per heavy atom. The Kier molecular flexibility index (Phi) is 3.82. The SMILES string of the molecule is c1ccc(-c2cc(NCCc3ccc4c(c3)OCO4)n3ncnc3n2)cc1. The molecule has 7 nitrogen and oxygen atoms in total. The van der Waals surface area contributed by atoms with Gasteiger partial charge in [0.05, 0.1) is 5.69 Å². The molecule has 0 saturated heterocycles. The molecular weight excluding hydrogens is 342 g/mol. The third-order valence-corrected chi connectivity index (χ3v) is 4.48. The highest BCUT2D eigenvalue weighted by Crippen LogP contribution is 2.32. The number of benzene rings is 2. The highest BCUT2D eigenvalue weighted by Gasteiger charge is 2.13. The molecule has 0 radical (unpaired) electrons. The zero-order valence-electron chi connectivity index (χ0n) is 14.5. The lowest BCUT2D eigenvalue weighted by atomic mass is 10.1. The van der Waals surface area contributed by atoms with E-state index < -0.39 is 0 Å². The van der Waals surface area contributed by atoms with Crippen LogP contribution in [0.2, 0.25) is 0 Å². The summed E-state index contributed by atoms with van der Waals surface area (Å²) in [5.41, 5.74) is 3.09. The van der Waals surface area contributed by atoms with Crippen molar-refractivity contribution in [1.82, 2.24) is 19.6 Å². The molecule has 27 heavy (non-hydrogen) atoms. The molecule has 1 aliphatic heterocycles. The monoisotopic (exact) mass is 359 g/mol. The van der Waals surface area contributed by atoms with Gasteiger partial charge in [0, 0.05) is 18.2 Å². The van der Waals surface area contributed by atoms with E-state index in [9.17, 15) is 0 Å². The lowest BCUT2D eigenvalue weighted by molar-refractivity contribution is 0.174. The van der Waals surface area contributed by atoms with Crippen molar-refractivity contribution in [3.8, 4) is 22.8 Å². The molecular formula is C20H17N5O2. The van der Waals surface area contributed by atoms with Crippen molar-refractivity contribution in [3.63, 3.8) is 0 Å². The Hall–Kier alpha value is -3.61. The molecule has 0 atom stereocenters. The molecule has 134 valence electrons. The van der Waals surface area contributed by atoms with Crippen molar-refractivity contribution in [2.75, 3.05) is 18.7 Å². The van der Waals surface area contributed by atoms with E-state index in [0.29, 0.717) is 12.6 Å². The molecule has 1 N–H and O–H groups in total. The van der Waals surface area contributed by atoms with Crippen molar-refractivity contribution in [3.05, 3.63) is 66.5 Å². The molecule has 0 spiro atoms. The zero-order valence-corrected chi connectivity index (χ0v) is 14.5. The van der Waals surface area contributed by atoms with E-state index in [1.54, 1.807) is 4.52 Å². The average Bonchev–Trinajstić information content (AvgIpc) is 3.37. The van der Waals surface area contributed by atoms with Crippen molar-refractivity contribution < 1.29 is 9.47 Å². The Balaban J connectivity index is 1.37. The minimum absolute atomic E-state index is 0.292. The van der Waals surface area contributed by atoms with Gasteiger partial charge in [-0.25, -0.2) is 4.98 Å². The van der Waals surface area contributed by atoms with E-state index in [2.05, 4.69) is 26.4 Å². The van der Waals surface area contributed by atoms with E-state index in [4.69, 9.17) is 9.47 Å². The van der Waals surface area contributed by atoms with Crippen LogP contribution in [0.4, 0.5) is 5.82 Å². The molecule has 7 heteroatoms. The van der Waals surface area contributed by atoms with Crippen molar-refractivity contribution in [2.45, 2.75) is 6.42 Å². The van der Waals surface area contributed by atoms with Crippen molar-refractivity contribution >= 4 is 11.6 Å². The number of hydrogen-bond donors (Lipinski definition) is 1. The smallest absolute Gasteiger partial charge is 0.254 e. The van der Waals surface area contributed by atoms with Gasteiger partial charge in [0.2, 0.25) is 6.79 Å². The van der Waals surface area contributed by atoms with Gasteiger partial charge in [-0.3, -0.25) is 0 Å². The third kappa shape index (κ3) is 3.03. The molecule has 0 fully saturated rings. The van der Waals surface area contributed by atoms with E-state index in [1.807, 2.05) is 48.5 Å². The number of aromatic nitrogens is 4. The van der Waals surface area contributed by atoms with Crippen molar-refractivity contribution in [1.29, 1.82) is 0 Å². The van der Waals surface area contributed by atoms with Crippen LogP contribution in [0.15, 0.2) is 60.9 Å². The summed E-state index contributed by atoms with van der Waals surface area (Å²) in [7, 11) is 0. The number of nitrogens with zero attached hydrogens (tertiary/aromatic N) is 4. The largest absolute Gasteiger partial charge is 0.454 e.